The molecule has 0 saturated heterocycles. The molecule has 1 aliphatic rings. The maximum atomic E-state index is 12.7. The Morgan fingerprint density at radius 2 is 2.35 bits per heavy atom. The van der Waals surface area contributed by atoms with Gasteiger partial charge in [-0.15, -0.1) is 11.3 Å². The highest BCUT2D eigenvalue weighted by Gasteiger charge is 2.52. The number of hydrogen-bond donors (Lipinski definition) is 1. The quantitative estimate of drug-likeness (QED) is 0.912. The van der Waals surface area contributed by atoms with Gasteiger partial charge in [0.25, 0.3) is 5.91 Å². The van der Waals surface area contributed by atoms with Crippen molar-refractivity contribution in [1.82, 2.24) is 15.1 Å². The summed E-state index contributed by atoms with van der Waals surface area (Å²) < 4.78 is 5.75. The minimum absolute atomic E-state index is 0.0344. The van der Waals surface area contributed by atoms with Crippen LogP contribution in [0.4, 0.5) is 0 Å². The van der Waals surface area contributed by atoms with E-state index in [9.17, 15) is 4.79 Å². The minimum atomic E-state index is -0.0444. The van der Waals surface area contributed by atoms with Crippen molar-refractivity contribution in [2.24, 2.45) is 5.41 Å². The van der Waals surface area contributed by atoms with Crippen molar-refractivity contribution >= 4 is 17.2 Å². The van der Waals surface area contributed by atoms with Crippen LogP contribution in [0, 0.1) is 5.41 Å². The average Bonchev–Trinajstić information content (AvgIpc) is 3.19. The number of carbonyl (C=O) groups is 1. The molecule has 23 heavy (non-hydrogen) atoms. The monoisotopic (exact) mass is 333 g/mol. The number of amides is 1. The van der Waals surface area contributed by atoms with E-state index in [-0.39, 0.29) is 23.5 Å². The molecule has 2 aromatic rings. The van der Waals surface area contributed by atoms with Crippen molar-refractivity contribution in [3.05, 3.63) is 29.3 Å². The molecule has 0 radical (unpaired) electrons. The topological polar surface area (TPSA) is 58.2 Å². The molecule has 1 fully saturated rings. The van der Waals surface area contributed by atoms with Crippen LogP contribution >= 0.6 is 11.3 Å². The van der Waals surface area contributed by atoms with Gasteiger partial charge in [-0.25, -0.2) is 0 Å². The number of ether oxygens (including phenoxy) is 1. The second-order valence-corrected chi connectivity index (χ2v) is 7.52. The van der Waals surface area contributed by atoms with Crippen molar-refractivity contribution in [3.63, 3.8) is 0 Å². The summed E-state index contributed by atoms with van der Waals surface area (Å²) in [5, 5.41) is 9.16. The van der Waals surface area contributed by atoms with E-state index in [1.807, 2.05) is 42.5 Å². The number of thiophene rings is 1. The molecule has 1 aliphatic carbocycles. The molecule has 2 atom stereocenters. The predicted molar refractivity (Wildman–Crippen MR) is 91.6 cm³/mol. The van der Waals surface area contributed by atoms with E-state index in [4.69, 9.17) is 4.74 Å². The van der Waals surface area contributed by atoms with Crippen molar-refractivity contribution < 1.29 is 9.53 Å². The number of H-pyrrole nitrogens is 1. The van der Waals surface area contributed by atoms with Crippen LogP contribution in [0.1, 0.15) is 37.7 Å². The Kier molecular flexibility index (Phi) is 4.29. The van der Waals surface area contributed by atoms with E-state index in [0.29, 0.717) is 12.3 Å². The Morgan fingerprint density at radius 1 is 1.57 bits per heavy atom. The second kappa shape index (κ2) is 6.09. The predicted octanol–water partition coefficient (Wildman–Crippen LogP) is 3.41. The molecule has 1 amide bonds. The SMILES string of the molecule is CCO[C@@H]1C[C@H](N(C)C(=O)c2cc(-c3cccs3)[nH]n2)C1(C)C. The molecule has 6 heteroatoms. The Labute approximate surface area is 140 Å². The fourth-order valence-corrected chi connectivity index (χ4v) is 4.01. The first-order chi connectivity index (χ1) is 10.9. The van der Waals surface area contributed by atoms with Crippen LogP contribution < -0.4 is 0 Å². The van der Waals surface area contributed by atoms with Crippen LogP contribution in [0.3, 0.4) is 0 Å². The number of rotatable bonds is 5. The van der Waals surface area contributed by atoms with Crippen LogP contribution in [0.25, 0.3) is 10.6 Å². The number of aromatic amines is 1. The van der Waals surface area contributed by atoms with E-state index in [1.54, 1.807) is 11.3 Å². The van der Waals surface area contributed by atoms with E-state index in [2.05, 4.69) is 24.0 Å². The molecule has 2 heterocycles. The average molecular weight is 333 g/mol. The number of carbonyl (C=O) groups excluding carboxylic acids is 1. The van der Waals surface area contributed by atoms with Crippen LogP contribution in [0.5, 0.6) is 0 Å². The summed E-state index contributed by atoms with van der Waals surface area (Å²) in [4.78, 5) is 15.6. The van der Waals surface area contributed by atoms with E-state index < -0.39 is 0 Å². The lowest BCUT2D eigenvalue weighted by Gasteiger charge is -2.54. The van der Waals surface area contributed by atoms with Gasteiger partial charge in [-0.1, -0.05) is 19.9 Å². The minimum Gasteiger partial charge on any atom is -0.378 e. The molecule has 0 bridgehead atoms. The van der Waals surface area contributed by atoms with Gasteiger partial charge in [0, 0.05) is 25.1 Å². The summed E-state index contributed by atoms with van der Waals surface area (Å²) in [7, 11) is 1.86. The molecule has 1 saturated carbocycles. The first kappa shape index (κ1) is 16.2. The van der Waals surface area contributed by atoms with E-state index >= 15 is 0 Å². The molecule has 5 nitrogen and oxygen atoms in total. The zero-order valence-electron chi connectivity index (χ0n) is 14.0. The van der Waals surface area contributed by atoms with Gasteiger partial charge in [0.05, 0.1) is 16.7 Å². The molecule has 2 aromatic heterocycles. The summed E-state index contributed by atoms with van der Waals surface area (Å²) in [6, 6.07) is 6.00. The zero-order valence-corrected chi connectivity index (χ0v) is 14.8. The normalized spacial score (nSPS) is 22.6. The van der Waals surface area contributed by atoms with Gasteiger partial charge in [0.1, 0.15) is 0 Å². The third kappa shape index (κ3) is 2.81. The summed E-state index contributed by atoms with van der Waals surface area (Å²) in [6.07, 6.45) is 1.10. The lowest BCUT2D eigenvalue weighted by atomic mass is 9.63. The maximum absolute atomic E-state index is 12.7. The Hall–Kier alpha value is -1.66. The van der Waals surface area contributed by atoms with Crippen molar-refractivity contribution in [3.8, 4) is 10.6 Å². The zero-order chi connectivity index (χ0) is 16.6. The van der Waals surface area contributed by atoms with Gasteiger partial charge >= 0.3 is 0 Å². The van der Waals surface area contributed by atoms with Crippen molar-refractivity contribution in [2.45, 2.75) is 39.3 Å². The third-order valence-electron chi connectivity index (χ3n) is 4.87. The molecule has 0 aromatic carbocycles. The molecule has 1 N–H and O–H groups in total. The van der Waals surface area contributed by atoms with Gasteiger partial charge in [-0.3, -0.25) is 9.89 Å². The fourth-order valence-electron chi connectivity index (χ4n) is 3.32. The smallest absolute Gasteiger partial charge is 0.274 e. The lowest BCUT2D eigenvalue weighted by Crippen LogP contribution is -2.62. The summed E-state index contributed by atoms with van der Waals surface area (Å²) >= 11 is 1.62. The van der Waals surface area contributed by atoms with Crippen LogP contribution in [-0.2, 0) is 4.74 Å². The molecule has 3 rings (SSSR count). The van der Waals surface area contributed by atoms with Crippen LogP contribution in [-0.4, -0.2) is 46.8 Å². The number of hydrogen-bond acceptors (Lipinski definition) is 4. The molecule has 0 unspecified atom stereocenters. The third-order valence-corrected chi connectivity index (χ3v) is 5.77. The van der Waals surface area contributed by atoms with Gasteiger partial charge in [0.15, 0.2) is 5.69 Å². The standard InChI is InChI=1S/C17H23N3O2S/c1-5-22-15-10-14(17(15,2)3)20(4)16(21)12-9-11(18-19-12)13-7-6-8-23-13/h6-9,14-15H,5,10H2,1-4H3,(H,18,19)/t14-,15+/m0/s1. The van der Waals surface area contributed by atoms with Crippen molar-refractivity contribution in [1.29, 1.82) is 0 Å². The largest absolute Gasteiger partial charge is 0.378 e. The van der Waals surface area contributed by atoms with Gasteiger partial charge in [0.2, 0.25) is 0 Å². The highest BCUT2D eigenvalue weighted by atomic mass is 32.1. The number of nitrogens with zero attached hydrogens (tertiary/aromatic N) is 2. The molecule has 124 valence electrons. The summed E-state index contributed by atoms with van der Waals surface area (Å²) in [6.45, 7) is 7.04. The van der Waals surface area contributed by atoms with Gasteiger partial charge < -0.3 is 9.64 Å². The Bertz CT molecular complexity index is 678. The molecular formula is C17H23N3O2S. The highest BCUT2D eigenvalue weighted by molar-refractivity contribution is 7.13. The lowest BCUT2D eigenvalue weighted by molar-refractivity contribution is -0.136. The van der Waals surface area contributed by atoms with Crippen molar-refractivity contribution in [2.75, 3.05) is 13.7 Å². The summed E-state index contributed by atoms with van der Waals surface area (Å²) in [5.41, 5.74) is 1.32. The molecular weight excluding hydrogens is 310 g/mol. The van der Waals surface area contributed by atoms with Crippen LogP contribution in [0.2, 0.25) is 0 Å². The first-order valence-corrected chi connectivity index (χ1v) is 8.81. The molecule has 0 spiro atoms. The Morgan fingerprint density at radius 3 is 2.96 bits per heavy atom. The van der Waals surface area contributed by atoms with E-state index in [0.717, 1.165) is 17.0 Å². The van der Waals surface area contributed by atoms with Gasteiger partial charge in [-0.05, 0) is 30.9 Å². The highest BCUT2D eigenvalue weighted by Crippen LogP contribution is 2.45. The second-order valence-electron chi connectivity index (χ2n) is 6.58. The number of nitrogens with one attached hydrogen (secondary N) is 1. The van der Waals surface area contributed by atoms with Crippen LogP contribution in [0.15, 0.2) is 23.6 Å². The van der Waals surface area contributed by atoms with E-state index in [1.165, 1.54) is 0 Å². The van der Waals surface area contributed by atoms with Gasteiger partial charge in [-0.2, -0.15) is 5.10 Å². The molecule has 0 aliphatic heterocycles. The number of aromatic nitrogens is 2. The maximum Gasteiger partial charge on any atom is 0.274 e. The Balaban J connectivity index is 1.71. The first-order valence-electron chi connectivity index (χ1n) is 7.93. The fraction of sp³-hybridized carbons (Fsp3) is 0.529. The summed E-state index contributed by atoms with van der Waals surface area (Å²) in [5.74, 6) is -0.0444.